The number of nitrogens with zero attached hydrogens (tertiary/aromatic N) is 2. The van der Waals surface area contributed by atoms with E-state index in [1.807, 2.05) is 0 Å². The fourth-order valence-corrected chi connectivity index (χ4v) is 2.56. The lowest BCUT2D eigenvalue weighted by Gasteiger charge is -2.25. The maximum atomic E-state index is 12.8. The molecule has 9 heteroatoms. The summed E-state index contributed by atoms with van der Waals surface area (Å²) in [6, 6.07) is 5.80. The topological polar surface area (TPSA) is 59.1 Å². The largest absolute Gasteiger partial charge is 0.491 e. The van der Waals surface area contributed by atoms with Crippen LogP contribution >= 0.6 is 0 Å². The van der Waals surface area contributed by atoms with Gasteiger partial charge in [-0.3, -0.25) is 9.59 Å². The summed E-state index contributed by atoms with van der Waals surface area (Å²) in [5.41, 5.74) is 0.0512. The summed E-state index contributed by atoms with van der Waals surface area (Å²) in [6.07, 6.45) is -2.66. The van der Waals surface area contributed by atoms with E-state index in [1.54, 1.807) is 0 Å². The number of likely N-dealkylation sites (N-methyl/N-ethyl adjacent to an activating group) is 1. The summed E-state index contributed by atoms with van der Waals surface area (Å²) in [5, 5.41) is 0. The fourth-order valence-electron chi connectivity index (χ4n) is 2.56. The normalized spacial score (nSPS) is 16.9. The van der Waals surface area contributed by atoms with Crippen molar-refractivity contribution in [3.05, 3.63) is 29.8 Å². The first-order valence-corrected chi connectivity index (χ1v) is 8.56. The molecule has 0 radical (unpaired) electrons. The first-order chi connectivity index (χ1) is 12.7. The molecule has 1 aromatic rings. The third kappa shape index (κ3) is 6.74. The van der Waals surface area contributed by atoms with Crippen LogP contribution in [-0.2, 0) is 9.53 Å². The number of carbonyl (C=O) groups is 2. The summed E-state index contributed by atoms with van der Waals surface area (Å²) in [6.45, 7) is -1.06. The monoisotopic (exact) mass is 388 g/mol. The van der Waals surface area contributed by atoms with Crippen molar-refractivity contribution in [1.82, 2.24) is 9.80 Å². The Morgan fingerprint density at radius 2 is 1.89 bits per heavy atom. The molecule has 6 nitrogen and oxygen atoms in total. The molecule has 1 aliphatic rings. The Morgan fingerprint density at radius 3 is 2.41 bits per heavy atom. The Kier molecular flexibility index (Phi) is 7.06. The average molecular weight is 388 g/mol. The van der Waals surface area contributed by atoms with Crippen molar-refractivity contribution in [3.8, 4) is 5.75 Å². The van der Waals surface area contributed by atoms with Gasteiger partial charge >= 0.3 is 6.18 Å². The van der Waals surface area contributed by atoms with Crippen LogP contribution in [0.4, 0.5) is 13.2 Å². The molecule has 0 N–H and O–H groups in total. The summed E-state index contributed by atoms with van der Waals surface area (Å²) in [7, 11) is 2.83. The number of halogens is 3. The molecule has 1 heterocycles. The molecule has 1 saturated heterocycles. The molecule has 150 valence electrons. The van der Waals surface area contributed by atoms with Gasteiger partial charge in [0.2, 0.25) is 5.91 Å². The number of hydrogen-bond acceptors (Lipinski definition) is 4. The highest BCUT2D eigenvalue weighted by Gasteiger charge is 2.34. The van der Waals surface area contributed by atoms with Crippen molar-refractivity contribution in [3.63, 3.8) is 0 Å². The van der Waals surface area contributed by atoms with E-state index in [-0.39, 0.29) is 11.7 Å². The number of rotatable bonds is 7. The number of amides is 2. The van der Waals surface area contributed by atoms with Crippen LogP contribution in [0.3, 0.4) is 0 Å². The zero-order valence-corrected chi connectivity index (χ0v) is 15.3. The molecule has 2 amide bonds. The van der Waals surface area contributed by atoms with Crippen molar-refractivity contribution in [1.29, 1.82) is 0 Å². The number of carbonyl (C=O) groups excluding carboxylic acids is 2. The predicted molar refractivity (Wildman–Crippen MR) is 91.6 cm³/mol. The van der Waals surface area contributed by atoms with Crippen molar-refractivity contribution in [2.75, 3.05) is 40.4 Å². The highest BCUT2D eigenvalue weighted by molar-refractivity contribution is 5.96. The van der Waals surface area contributed by atoms with Gasteiger partial charge in [-0.15, -0.1) is 0 Å². The lowest BCUT2D eigenvalue weighted by molar-refractivity contribution is -0.146. The molecule has 0 aliphatic carbocycles. The van der Waals surface area contributed by atoms with E-state index in [1.165, 1.54) is 38.4 Å². The van der Waals surface area contributed by atoms with Gasteiger partial charge in [0.15, 0.2) is 0 Å². The van der Waals surface area contributed by atoms with Crippen molar-refractivity contribution >= 4 is 11.8 Å². The number of ether oxygens (including phenoxy) is 2. The van der Waals surface area contributed by atoms with Crippen LogP contribution in [0.5, 0.6) is 5.75 Å². The van der Waals surface area contributed by atoms with Gasteiger partial charge in [-0.1, -0.05) is 0 Å². The first-order valence-electron chi connectivity index (χ1n) is 8.56. The van der Waals surface area contributed by atoms with Crippen LogP contribution in [0.1, 0.15) is 23.2 Å². The zero-order chi connectivity index (χ0) is 20.0. The van der Waals surface area contributed by atoms with E-state index in [9.17, 15) is 22.8 Å². The fraction of sp³-hybridized carbons (Fsp3) is 0.556. The molecule has 1 aromatic carbocycles. The van der Waals surface area contributed by atoms with Gasteiger partial charge in [-0.2, -0.15) is 13.2 Å². The minimum atomic E-state index is -4.60. The van der Waals surface area contributed by atoms with E-state index in [4.69, 9.17) is 9.47 Å². The number of benzene rings is 1. The molecule has 0 bridgehead atoms. The molecule has 1 aliphatic heterocycles. The van der Waals surface area contributed by atoms with E-state index in [2.05, 4.69) is 0 Å². The Hall–Kier alpha value is -2.29. The van der Waals surface area contributed by atoms with Gasteiger partial charge in [0.05, 0.1) is 6.10 Å². The third-order valence-electron chi connectivity index (χ3n) is 4.04. The van der Waals surface area contributed by atoms with Crippen LogP contribution in [-0.4, -0.2) is 74.3 Å². The smallest absolute Gasteiger partial charge is 0.406 e. The van der Waals surface area contributed by atoms with Gasteiger partial charge in [-0.25, -0.2) is 0 Å². The zero-order valence-electron chi connectivity index (χ0n) is 15.3. The van der Waals surface area contributed by atoms with Gasteiger partial charge in [0, 0.05) is 26.3 Å². The average Bonchev–Trinajstić information content (AvgIpc) is 3.11. The molecule has 0 spiro atoms. The predicted octanol–water partition coefficient (Wildman–Crippen LogP) is 2.34. The highest BCUT2D eigenvalue weighted by atomic mass is 19.4. The van der Waals surface area contributed by atoms with Crippen LogP contribution in [0.2, 0.25) is 0 Å². The molecule has 0 saturated carbocycles. The molecule has 0 aromatic heterocycles. The molecule has 1 fully saturated rings. The summed E-state index contributed by atoms with van der Waals surface area (Å²) in [4.78, 5) is 25.9. The Morgan fingerprint density at radius 1 is 1.22 bits per heavy atom. The minimum absolute atomic E-state index is 0.0330. The van der Waals surface area contributed by atoms with E-state index >= 15 is 0 Å². The quantitative estimate of drug-likeness (QED) is 0.720. The van der Waals surface area contributed by atoms with Crippen LogP contribution < -0.4 is 4.74 Å². The second kappa shape index (κ2) is 9.07. The van der Waals surface area contributed by atoms with Crippen LogP contribution in [0.25, 0.3) is 0 Å². The Bertz CT molecular complexity index is 641. The van der Waals surface area contributed by atoms with Crippen LogP contribution in [0, 0.1) is 0 Å². The maximum Gasteiger partial charge on any atom is 0.406 e. The van der Waals surface area contributed by atoms with Crippen molar-refractivity contribution in [2.45, 2.75) is 25.1 Å². The van der Waals surface area contributed by atoms with Gasteiger partial charge in [-0.05, 0) is 37.1 Å². The maximum absolute atomic E-state index is 12.8. The molecular formula is C18H23F3N2O4. The number of hydrogen-bond donors (Lipinski definition) is 0. The molecule has 2 rings (SSSR count). The molecule has 1 unspecified atom stereocenters. The van der Waals surface area contributed by atoms with Crippen molar-refractivity contribution < 1.29 is 32.2 Å². The molecular weight excluding hydrogens is 365 g/mol. The first kappa shape index (κ1) is 21.0. The van der Waals surface area contributed by atoms with Gasteiger partial charge < -0.3 is 19.3 Å². The second-order valence-electron chi connectivity index (χ2n) is 6.53. The summed E-state index contributed by atoms with van der Waals surface area (Å²) >= 11 is 0. The van der Waals surface area contributed by atoms with Gasteiger partial charge in [0.25, 0.3) is 5.91 Å². The number of alkyl halides is 3. The highest BCUT2D eigenvalue weighted by Crippen LogP contribution is 2.20. The van der Waals surface area contributed by atoms with E-state index in [0.717, 1.165) is 17.7 Å². The lowest BCUT2D eigenvalue weighted by Crippen LogP contribution is -2.44. The standard InChI is InChI=1S/C18H23F3N2O4/c1-22(2)16(24)10-23(12-18(19,20)21)17(25)13-5-7-14(8-6-13)27-11-15-4-3-9-26-15/h5-8,15H,3-4,9-12H2,1-2H3. The molecule has 1 atom stereocenters. The van der Waals surface area contributed by atoms with Crippen LogP contribution in [0.15, 0.2) is 24.3 Å². The minimum Gasteiger partial charge on any atom is -0.491 e. The second-order valence-corrected chi connectivity index (χ2v) is 6.53. The third-order valence-corrected chi connectivity index (χ3v) is 4.04. The Balaban J connectivity index is 2.03. The summed E-state index contributed by atoms with van der Waals surface area (Å²) in [5.74, 6) is -0.967. The van der Waals surface area contributed by atoms with E-state index in [0.29, 0.717) is 23.9 Å². The SMILES string of the molecule is CN(C)C(=O)CN(CC(F)(F)F)C(=O)c1ccc(OCC2CCCO2)cc1. The van der Waals surface area contributed by atoms with E-state index < -0.39 is 31.1 Å². The molecule has 27 heavy (non-hydrogen) atoms. The lowest BCUT2D eigenvalue weighted by atomic mass is 10.2. The Labute approximate surface area is 155 Å². The van der Waals surface area contributed by atoms with Crippen molar-refractivity contribution in [2.24, 2.45) is 0 Å². The summed E-state index contributed by atoms with van der Waals surface area (Å²) < 4.78 is 49.4. The van der Waals surface area contributed by atoms with Gasteiger partial charge in [0.1, 0.15) is 25.4 Å².